The predicted molar refractivity (Wildman–Crippen MR) is 114 cm³/mol. The summed E-state index contributed by atoms with van der Waals surface area (Å²) in [5, 5.41) is 11.9. The Bertz CT molecular complexity index is 662. The molecular weight excluding hydrogens is 459 g/mol. The molecule has 152 valence electrons. The van der Waals surface area contributed by atoms with E-state index in [0.717, 1.165) is 62.9 Å². The van der Waals surface area contributed by atoms with Gasteiger partial charge >= 0.3 is 5.97 Å². The number of ether oxygens (including phenoxy) is 1. The van der Waals surface area contributed by atoms with Gasteiger partial charge in [0.2, 0.25) is 0 Å². The SMILES string of the molecule is CCOC(=O)[C@@H]1CCCN(C(=NC)NCC2CCc3nnc(C)n3C2)C1.I. The van der Waals surface area contributed by atoms with Crippen LogP contribution >= 0.6 is 24.0 Å². The van der Waals surface area contributed by atoms with Crippen molar-refractivity contribution in [2.24, 2.45) is 16.8 Å². The van der Waals surface area contributed by atoms with Crippen molar-refractivity contribution in [2.75, 3.05) is 33.3 Å². The molecule has 0 bridgehead atoms. The minimum Gasteiger partial charge on any atom is -0.466 e. The average Bonchev–Trinajstić information content (AvgIpc) is 3.03. The summed E-state index contributed by atoms with van der Waals surface area (Å²) in [4.78, 5) is 18.7. The quantitative estimate of drug-likeness (QED) is 0.299. The van der Waals surface area contributed by atoms with Crippen molar-refractivity contribution in [1.82, 2.24) is 25.0 Å². The fourth-order valence-electron chi connectivity index (χ4n) is 3.89. The molecule has 27 heavy (non-hydrogen) atoms. The van der Waals surface area contributed by atoms with E-state index < -0.39 is 0 Å². The Morgan fingerprint density at radius 1 is 1.33 bits per heavy atom. The average molecular weight is 490 g/mol. The van der Waals surface area contributed by atoms with Crippen LogP contribution in [0.25, 0.3) is 0 Å². The predicted octanol–water partition coefficient (Wildman–Crippen LogP) is 1.62. The highest BCUT2D eigenvalue weighted by Crippen LogP contribution is 2.20. The van der Waals surface area contributed by atoms with E-state index in [9.17, 15) is 4.79 Å². The molecule has 0 saturated carbocycles. The Hall–Kier alpha value is -1.39. The van der Waals surface area contributed by atoms with Gasteiger partial charge in [0, 0.05) is 39.6 Å². The van der Waals surface area contributed by atoms with Gasteiger partial charge in [-0.05, 0) is 39.0 Å². The number of fused-ring (bicyclic) bond motifs is 1. The number of rotatable bonds is 4. The molecule has 1 aromatic heterocycles. The highest BCUT2D eigenvalue weighted by molar-refractivity contribution is 14.0. The molecule has 1 unspecified atom stereocenters. The lowest BCUT2D eigenvalue weighted by atomic mass is 9.98. The Morgan fingerprint density at radius 3 is 2.89 bits per heavy atom. The number of likely N-dealkylation sites (tertiary alicyclic amines) is 1. The van der Waals surface area contributed by atoms with Crippen molar-refractivity contribution in [3.8, 4) is 0 Å². The maximum atomic E-state index is 12.1. The summed E-state index contributed by atoms with van der Waals surface area (Å²) in [5.41, 5.74) is 0. The van der Waals surface area contributed by atoms with Gasteiger partial charge < -0.3 is 19.5 Å². The van der Waals surface area contributed by atoms with Crippen LogP contribution in [0, 0.1) is 18.8 Å². The highest BCUT2D eigenvalue weighted by Gasteiger charge is 2.29. The van der Waals surface area contributed by atoms with Crippen LogP contribution in [-0.2, 0) is 22.5 Å². The molecule has 1 N–H and O–H groups in total. The molecule has 8 nitrogen and oxygen atoms in total. The largest absolute Gasteiger partial charge is 0.466 e. The summed E-state index contributed by atoms with van der Waals surface area (Å²) in [7, 11) is 1.80. The lowest BCUT2D eigenvalue weighted by Gasteiger charge is -2.34. The number of piperidine rings is 1. The zero-order valence-electron chi connectivity index (χ0n) is 16.5. The molecule has 9 heteroatoms. The van der Waals surface area contributed by atoms with E-state index in [-0.39, 0.29) is 35.9 Å². The number of aryl methyl sites for hydroxylation is 2. The van der Waals surface area contributed by atoms with Crippen LogP contribution in [0.1, 0.15) is 37.8 Å². The number of nitrogens with one attached hydrogen (secondary N) is 1. The number of hydrogen-bond donors (Lipinski definition) is 1. The molecule has 3 rings (SSSR count). The number of hydrogen-bond acceptors (Lipinski definition) is 5. The third kappa shape index (κ3) is 5.32. The van der Waals surface area contributed by atoms with E-state index >= 15 is 0 Å². The summed E-state index contributed by atoms with van der Waals surface area (Å²) < 4.78 is 7.41. The minimum absolute atomic E-state index is 0. The third-order valence-corrected chi connectivity index (χ3v) is 5.33. The maximum Gasteiger partial charge on any atom is 0.310 e. The number of halogens is 1. The molecule has 0 aromatic carbocycles. The number of carbonyl (C=O) groups is 1. The number of esters is 1. The summed E-state index contributed by atoms with van der Waals surface area (Å²) in [6, 6.07) is 0. The van der Waals surface area contributed by atoms with E-state index in [0.29, 0.717) is 19.1 Å². The van der Waals surface area contributed by atoms with Gasteiger partial charge in [0.05, 0.1) is 12.5 Å². The van der Waals surface area contributed by atoms with Gasteiger partial charge in [-0.2, -0.15) is 0 Å². The zero-order valence-corrected chi connectivity index (χ0v) is 18.8. The van der Waals surface area contributed by atoms with Crippen LogP contribution in [0.2, 0.25) is 0 Å². The third-order valence-electron chi connectivity index (χ3n) is 5.33. The molecule has 1 saturated heterocycles. The van der Waals surface area contributed by atoms with Gasteiger partial charge in [0.1, 0.15) is 11.6 Å². The van der Waals surface area contributed by atoms with E-state index in [2.05, 4.69) is 30.0 Å². The van der Waals surface area contributed by atoms with E-state index in [1.165, 1.54) is 0 Å². The zero-order chi connectivity index (χ0) is 18.5. The van der Waals surface area contributed by atoms with E-state index in [4.69, 9.17) is 4.74 Å². The Morgan fingerprint density at radius 2 is 2.15 bits per heavy atom. The first-order chi connectivity index (χ1) is 12.6. The van der Waals surface area contributed by atoms with Crippen molar-refractivity contribution >= 4 is 35.9 Å². The van der Waals surface area contributed by atoms with Gasteiger partial charge in [-0.25, -0.2) is 0 Å². The summed E-state index contributed by atoms with van der Waals surface area (Å²) >= 11 is 0. The normalized spacial score (nSPS) is 22.6. The lowest BCUT2D eigenvalue weighted by molar-refractivity contribution is -0.149. The highest BCUT2D eigenvalue weighted by atomic mass is 127. The molecule has 1 aromatic rings. The molecule has 1 fully saturated rings. The van der Waals surface area contributed by atoms with Crippen molar-refractivity contribution in [3.63, 3.8) is 0 Å². The standard InChI is InChI=1S/C18H30N6O2.HI/c1-4-26-17(25)15-6-5-9-23(12-15)18(19-3)20-10-14-7-8-16-22-21-13(2)24(16)11-14;/h14-15H,4-12H2,1-3H3,(H,19,20);1H/t14?,15-;/m1./s1. The van der Waals surface area contributed by atoms with E-state index in [1.54, 1.807) is 7.05 Å². The molecule has 3 heterocycles. The molecule has 0 amide bonds. The second kappa shape index (κ2) is 10.2. The first kappa shape index (κ1) is 21.9. The molecule has 2 atom stereocenters. The number of carbonyl (C=O) groups excluding carboxylic acids is 1. The molecule has 2 aliphatic heterocycles. The number of aliphatic imine (C=N–C) groups is 1. The van der Waals surface area contributed by atoms with Gasteiger partial charge in [-0.3, -0.25) is 9.79 Å². The smallest absolute Gasteiger partial charge is 0.310 e. The van der Waals surface area contributed by atoms with Crippen molar-refractivity contribution in [1.29, 1.82) is 0 Å². The van der Waals surface area contributed by atoms with Crippen LogP contribution in [-0.4, -0.2) is 64.9 Å². The molecule has 2 aliphatic rings. The second-order valence-electron chi connectivity index (χ2n) is 7.14. The Kier molecular flexibility index (Phi) is 8.30. The van der Waals surface area contributed by atoms with Crippen LogP contribution < -0.4 is 5.32 Å². The lowest BCUT2D eigenvalue weighted by Crippen LogP contribution is -2.49. The number of aromatic nitrogens is 3. The summed E-state index contributed by atoms with van der Waals surface area (Å²) in [6.45, 7) is 7.72. The topological polar surface area (TPSA) is 84.6 Å². The molecule has 0 spiro atoms. The second-order valence-corrected chi connectivity index (χ2v) is 7.14. The fraction of sp³-hybridized carbons (Fsp3) is 0.778. The van der Waals surface area contributed by atoms with E-state index in [1.807, 2.05) is 13.8 Å². The maximum absolute atomic E-state index is 12.1. The number of nitrogens with zero attached hydrogens (tertiary/aromatic N) is 5. The van der Waals surface area contributed by atoms with Gasteiger partial charge in [-0.15, -0.1) is 34.2 Å². The van der Waals surface area contributed by atoms with Crippen LogP contribution in [0.4, 0.5) is 0 Å². The van der Waals surface area contributed by atoms with Crippen LogP contribution in [0.15, 0.2) is 4.99 Å². The summed E-state index contributed by atoms with van der Waals surface area (Å²) in [6.07, 6.45) is 3.95. The van der Waals surface area contributed by atoms with Gasteiger partial charge in [0.15, 0.2) is 5.96 Å². The Labute approximate surface area is 178 Å². The monoisotopic (exact) mass is 490 g/mol. The van der Waals surface area contributed by atoms with Gasteiger partial charge in [0.25, 0.3) is 0 Å². The molecular formula is C18H31IN6O2. The molecule has 0 aliphatic carbocycles. The van der Waals surface area contributed by atoms with Crippen molar-refractivity contribution < 1.29 is 9.53 Å². The minimum atomic E-state index is -0.0875. The van der Waals surface area contributed by atoms with Gasteiger partial charge in [-0.1, -0.05) is 0 Å². The molecule has 0 radical (unpaired) electrons. The van der Waals surface area contributed by atoms with Crippen LogP contribution in [0.3, 0.4) is 0 Å². The number of guanidine groups is 1. The van der Waals surface area contributed by atoms with Crippen LogP contribution in [0.5, 0.6) is 0 Å². The summed E-state index contributed by atoms with van der Waals surface area (Å²) in [5.74, 6) is 3.35. The van der Waals surface area contributed by atoms with Crippen molar-refractivity contribution in [3.05, 3.63) is 11.6 Å². The fourth-order valence-corrected chi connectivity index (χ4v) is 3.89. The first-order valence-corrected chi connectivity index (χ1v) is 9.63. The first-order valence-electron chi connectivity index (χ1n) is 9.63. The Balaban J connectivity index is 0.00000261. The van der Waals surface area contributed by atoms with Crippen molar-refractivity contribution in [2.45, 2.75) is 46.1 Å².